The summed E-state index contributed by atoms with van der Waals surface area (Å²) >= 11 is 0. The van der Waals surface area contributed by atoms with Gasteiger partial charge < -0.3 is 19.9 Å². The monoisotopic (exact) mass is 295 g/mol. The van der Waals surface area contributed by atoms with Gasteiger partial charge in [0.05, 0.1) is 26.9 Å². The van der Waals surface area contributed by atoms with Crippen LogP contribution in [0.2, 0.25) is 0 Å². The van der Waals surface area contributed by atoms with Crippen molar-refractivity contribution in [3.63, 3.8) is 0 Å². The molecule has 1 unspecified atom stereocenters. The Balaban J connectivity index is 3.24. The Morgan fingerprint density at radius 2 is 1.38 bits per heavy atom. The summed E-state index contributed by atoms with van der Waals surface area (Å²) in [5.74, 6) is 2.60. The van der Waals surface area contributed by atoms with E-state index in [-0.39, 0.29) is 6.04 Å². The Hall–Kier alpha value is -1.42. The lowest BCUT2D eigenvalue weighted by atomic mass is 9.86. The van der Waals surface area contributed by atoms with Crippen LogP contribution in [-0.2, 0) is 0 Å². The maximum atomic E-state index is 6.55. The van der Waals surface area contributed by atoms with Crippen LogP contribution in [-0.4, -0.2) is 21.3 Å². The highest BCUT2D eigenvalue weighted by molar-refractivity contribution is 5.52. The smallest absolute Gasteiger partial charge is 0.131 e. The topological polar surface area (TPSA) is 53.7 Å². The lowest BCUT2D eigenvalue weighted by Crippen LogP contribution is -2.23. The highest BCUT2D eigenvalue weighted by Gasteiger charge is 2.25. The number of nitrogens with two attached hydrogens (primary N) is 1. The van der Waals surface area contributed by atoms with Crippen molar-refractivity contribution in [3.05, 3.63) is 17.7 Å². The molecule has 0 aliphatic heterocycles. The van der Waals surface area contributed by atoms with Crippen LogP contribution in [0.25, 0.3) is 0 Å². The molecule has 0 aromatic heterocycles. The maximum absolute atomic E-state index is 6.55. The molecule has 0 amide bonds. The zero-order valence-electron chi connectivity index (χ0n) is 13.9. The molecule has 4 nitrogen and oxygen atoms in total. The number of ether oxygens (including phenoxy) is 3. The van der Waals surface area contributed by atoms with Crippen LogP contribution in [0.3, 0.4) is 0 Å². The third-order valence-electron chi connectivity index (χ3n) is 3.91. The van der Waals surface area contributed by atoms with Crippen molar-refractivity contribution in [2.24, 2.45) is 11.7 Å². The molecule has 1 aromatic carbocycles. The first-order chi connectivity index (χ1) is 10.1. The summed E-state index contributed by atoms with van der Waals surface area (Å²) in [5, 5.41) is 0. The van der Waals surface area contributed by atoms with Crippen LogP contribution >= 0.6 is 0 Å². The van der Waals surface area contributed by atoms with E-state index >= 15 is 0 Å². The highest BCUT2D eigenvalue weighted by Crippen LogP contribution is 2.41. The van der Waals surface area contributed by atoms with Gasteiger partial charge in [0.25, 0.3) is 0 Å². The van der Waals surface area contributed by atoms with Gasteiger partial charge in [0.15, 0.2) is 0 Å². The fraction of sp³-hybridized carbons (Fsp3) is 0.647. The number of methoxy groups -OCH3 is 3. The molecule has 0 heterocycles. The van der Waals surface area contributed by atoms with Crippen LogP contribution in [0, 0.1) is 5.92 Å². The van der Waals surface area contributed by atoms with Gasteiger partial charge in [-0.2, -0.15) is 0 Å². The SMILES string of the molecule is CCCC(CCC)C(N)c1c(OC)cc(OC)cc1OC. The summed E-state index contributed by atoms with van der Waals surface area (Å²) in [4.78, 5) is 0. The van der Waals surface area contributed by atoms with E-state index in [0.717, 1.165) is 42.7 Å². The molecule has 1 aromatic rings. The summed E-state index contributed by atoms with van der Waals surface area (Å²) in [6, 6.07) is 3.64. The van der Waals surface area contributed by atoms with Crippen LogP contribution in [0.4, 0.5) is 0 Å². The van der Waals surface area contributed by atoms with Gasteiger partial charge in [0, 0.05) is 18.2 Å². The normalized spacial score (nSPS) is 12.3. The van der Waals surface area contributed by atoms with Gasteiger partial charge in [0.2, 0.25) is 0 Å². The van der Waals surface area contributed by atoms with Crippen LogP contribution in [0.15, 0.2) is 12.1 Å². The molecule has 4 heteroatoms. The Morgan fingerprint density at radius 3 is 1.71 bits per heavy atom. The average Bonchev–Trinajstić information content (AvgIpc) is 2.52. The average molecular weight is 295 g/mol. The Morgan fingerprint density at radius 1 is 0.905 bits per heavy atom. The minimum Gasteiger partial charge on any atom is -0.496 e. The Bertz CT molecular complexity index is 403. The first kappa shape index (κ1) is 17.6. The number of hydrogen-bond donors (Lipinski definition) is 1. The van der Waals surface area contributed by atoms with E-state index in [1.54, 1.807) is 21.3 Å². The first-order valence-corrected chi connectivity index (χ1v) is 7.68. The molecule has 1 atom stereocenters. The van der Waals surface area contributed by atoms with Crippen LogP contribution < -0.4 is 19.9 Å². The summed E-state index contributed by atoms with van der Waals surface area (Å²) in [5.41, 5.74) is 7.49. The molecule has 21 heavy (non-hydrogen) atoms. The van der Waals surface area contributed by atoms with Crippen molar-refractivity contribution in [3.8, 4) is 17.2 Å². The zero-order valence-corrected chi connectivity index (χ0v) is 13.9. The van der Waals surface area contributed by atoms with E-state index < -0.39 is 0 Å². The van der Waals surface area contributed by atoms with Gasteiger partial charge in [-0.25, -0.2) is 0 Å². The van der Waals surface area contributed by atoms with Crippen molar-refractivity contribution >= 4 is 0 Å². The number of rotatable bonds is 9. The Kier molecular flexibility index (Phi) is 7.37. The minimum absolute atomic E-state index is 0.0966. The van der Waals surface area contributed by atoms with E-state index in [9.17, 15) is 0 Å². The highest BCUT2D eigenvalue weighted by atomic mass is 16.5. The second-order valence-corrected chi connectivity index (χ2v) is 5.31. The van der Waals surface area contributed by atoms with Crippen molar-refractivity contribution in [1.82, 2.24) is 0 Å². The molecular weight excluding hydrogens is 266 g/mol. The molecular formula is C17H29NO3. The quantitative estimate of drug-likeness (QED) is 0.750. The predicted molar refractivity (Wildman–Crippen MR) is 86.3 cm³/mol. The fourth-order valence-electron chi connectivity index (χ4n) is 2.84. The maximum Gasteiger partial charge on any atom is 0.131 e. The standard InChI is InChI=1S/C17H29NO3/c1-6-8-12(9-7-2)17(18)16-14(20-4)10-13(19-3)11-15(16)21-5/h10-12,17H,6-9,18H2,1-5H3. The third-order valence-corrected chi connectivity index (χ3v) is 3.91. The van der Waals surface area contributed by atoms with E-state index in [0.29, 0.717) is 11.7 Å². The van der Waals surface area contributed by atoms with E-state index in [1.165, 1.54) is 0 Å². The second-order valence-electron chi connectivity index (χ2n) is 5.31. The van der Waals surface area contributed by atoms with Gasteiger partial charge in [-0.15, -0.1) is 0 Å². The molecule has 0 saturated carbocycles. The molecule has 0 radical (unpaired) electrons. The largest absolute Gasteiger partial charge is 0.496 e. The molecule has 120 valence electrons. The molecule has 1 rings (SSSR count). The Labute approximate surface area is 128 Å². The fourth-order valence-corrected chi connectivity index (χ4v) is 2.84. The van der Waals surface area contributed by atoms with Crippen molar-refractivity contribution in [2.45, 2.75) is 45.6 Å². The molecule has 0 saturated heterocycles. The molecule has 0 aliphatic rings. The summed E-state index contributed by atoms with van der Waals surface area (Å²) in [6.45, 7) is 4.38. The summed E-state index contributed by atoms with van der Waals surface area (Å²) in [7, 11) is 4.93. The van der Waals surface area contributed by atoms with Crippen molar-refractivity contribution < 1.29 is 14.2 Å². The first-order valence-electron chi connectivity index (χ1n) is 7.68. The van der Waals surface area contributed by atoms with Gasteiger partial charge in [-0.1, -0.05) is 26.7 Å². The van der Waals surface area contributed by atoms with E-state index in [2.05, 4.69) is 13.8 Å². The number of benzene rings is 1. The predicted octanol–water partition coefficient (Wildman–Crippen LogP) is 3.93. The second kappa shape index (κ2) is 8.78. The third kappa shape index (κ3) is 4.27. The molecule has 0 fully saturated rings. The van der Waals surface area contributed by atoms with Crippen LogP contribution in [0.5, 0.6) is 17.2 Å². The lowest BCUT2D eigenvalue weighted by molar-refractivity contribution is 0.327. The number of hydrogen-bond acceptors (Lipinski definition) is 4. The zero-order chi connectivity index (χ0) is 15.8. The lowest BCUT2D eigenvalue weighted by Gasteiger charge is -2.27. The molecule has 0 spiro atoms. The molecule has 2 N–H and O–H groups in total. The minimum atomic E-state index is -0.0966. The van der Waals surface area contributed by atoms with Gasteiger partial charge in [-0.3, -0.25) is 0 Å². The summed E-state index contributed by atoms with van der Waals surface area (Å²) in [6.07, 6.45) is 4.46. The van der Waals surface area contributed by atoms with Crippen LogP contribution in [0.1, 0.15) is 51.1 Å². The summed E-state index contributed by atoms with van der Waals surface area (Å²) < 4.78 is 16.3. The van der Waals surface area contributed by atoms with Crippen molar-refractivity contribution in [1.29, 1.82) is 0 Å². The van der Waals surface area contributed by atoms with E-state index in [1.807, 2.05) is 12.1 Å². The van der Waals surface area contributed by atoms with Gasteiger partial charge >= 0.3 is 0 Å². The van der Waals surface area contributed by atoms with Crippen molar-refractivity contribution in [2.75, 3.05) is 21.3 Å². The molecule has 0 bridgehead atoms. The van der Waals surface area contributed by atoms with E-state index in [4.69, 9.17) is 19.9 Å². The van der Waals surface area contributed by atoms with Gasteiger partial charge in [0.1, 0.15) is 17.2 Å². The molecule has 0 aliphatic carbocycles. The van der Waals surface area contributed by atoms with Gasteiger partial charge in [-0.05, 0) is 18.8 Å².